The third-order valence-corrected chi connectivity index (χ3v) is 3.92. The highest BCUT2D eigenvalue weighted by Gasteiger charge is 2.34. The van der Waals surface area contributed by atoms with Gasteiger partial charge in [-0.2, -0.15) is 13.2 Å². The fraction of sp³-hybridized carbons (Fsp3) is 0.700. The number of alkyl halides is 3. The molecular formula is C10H13F3N2OS. The second kappa shape index (κ2) is 4.81. The number of aromatic nitrogens is 1. The number of aliphatic hydroxyl groups excluding tert-OH is 1. The van der Waals surface area contributed by atoms with Crippen molar-refractivity contribution in [2.24, 2.45) is 5.92 Å². The van der Waals surface area contributed by atoms with E-state index in [9.17, 15) is 13.2 Å². The van der Waals surface area contributed by atoms with Gasteiger partial charge in [-0.15, -0.1) is 0 Å². The van der Waals surface area contributed by atoms with Gasteiger partial charge in [0.05, 0.1) is 6.20 Å². The molecule has 1 saturated heterocycles. The topological polar surface area (TPSA) is 36.4 Å². The quantitative estimate of drug-likeness (QED) is 0.892. The van der Waals surface area contributed by atoms with Crippen molar-refractivity contribution in [1.29, 1.82) is 0 Å². The summed E-state index contributed by atoms with van der Waals surface area (Å²) in [4.78, 5) is 4.97. The normalized spacial score (nSPS) is 21.9. The van der Waals surface area contributed by atoms with Gasteiger partial charge in [0.2, 0.25) is 0 Å². The molecule has 96 valence electrons. The number of thiazole rings is 1. The van der Waals surface area contributed by atoms with E-state index in [0.29, 0.717) is 29.6 Å². The maximum atomic E-state index is 12.4. The van der Waals surface area contributed by atoms with E-state index < -0.39 is 11.1 Å². The zero-order valence-corrected chi connectivity index (χ0v) is 9.89. The lowest BCUT2D eigenvalue weighted by atomic mass is 10.00. The van der Waals surface area contributed by atoms with Gasteiger partial charge in [0.25, 0.3) is 0 Å². The van der Waals surface area contributed by atoms with Crippen LogP contribution in [0.5, 0.6) is 0 Å². The van der Waals surface area contributed by atoms with Crippen molar-refractivity contribution in [1.82, 2.24) is 4.98 Å². The summed E-state index contributed by atoms with van der Waals surface area (Å²) in [6, 6.07) is 0. The zero-order chi connectivity index (χ0) is 12.5. The maximum Gasteiger partial charge on any atom is 0.427 e. The van der Waals surface area contributed by atoms with Gasteiger partial charge in [0.1, 0.15) is 4.88 Å². The second-order valence-corrected chi connectivity index (χ2v) is 5.15. The smallest absolute Gasteiger partial charge is 0.396 e. The first kappa shape index (κ1) is 12.6. The van der Waals surface area contributed by atoms with Crippen molar-refractivity contribution in [3.05, 3.63) is 11.1 Å². The van der Waals surface area contributed by atoms with Crippen LogP contribution in [0.2, 0.25) is 0 Å². The van der Waals surface area contributed by atoms with Crippen LogP contribution in [0.3, 0.4) is 0 Å². The fourth-order valence-corrected chi connectivity index (χ4v) is 2.75. The number of halogens is 3. The number of piperidine rings is 1. The van der Waals surface area contributed by atoms with Crippen LogP contribution < -0.4 is 4.90 Å². The van der Waals surface area contributed by atoms with E-state index in [4.69, 9.17) is 5.11 Å². The molecular weight excluding hydrogens is 253 g/mol. The Labute approximate surface area is 101 Å². The second-order valence-electron chi connectivity index (χ2n) is 4.14. The molecule has 1 atom stereocenters. The van der Waals surface area contributed by atoms with E-state index in [-0.39, 0.29) is 12.5 Å². The van der Waals surface area contributed by atoms with Crippen LogP contribution in [0.1, 0.15) is 17.7 Å². The molecule has 2 heterocycles. The molecule has 1 aliphatic rings. The maximum absolute atomic E-state index is 12.4. The first-order valence-electron chi connectivity index (χ1n) is 5.39. The molecule has 0 bridgehead atoms. The Hall–Kier alpha value is -0.820. The molecule has 0 spiro atoms. The fourth-order valence-electron chi connectivity index (χ4n) is 1.93. The van der Waals surface area contributed by atoms with E-state index in [2.05, 4.69) is 4.98 Å². The van der Waals surface area contributed by atoms with Crippen LogP contribution in [-0.2, 0) is 6.18 Å². The molecule has 1 fully saturated rings. The van der Waals surface area contributed by atoms with Gasteiger partial charge in [-0.25, -0.2) is 4.98 Å². The minimum Gasteiger partial charge on any atom is -0.396 e. The van der Waals surface area contributed by atoms with E-state index >= 15 is 0 Å². The molecule has 1 aliphatic heterocycles. The molecule has 17 heavy (non-hydrogen) atoms. The molecule has 2 rings (SSSR count). The van der Waals surface area contributed by atoms with Gasteiger partial charge in [0, 0.05) is 19.7 Å². The van der Waals surface area contributed by atoms with Gasteiger partial charge in [-0.05, 0) is 18.8 Å². The Morgan fingerprint density at radius 2 is 2.29 bits per heavy atom. The van der Waals surface area contributed by atoms with Crippen molar-refractivity contribution < 1.29 is 18.3 Å². The number of aliphatic hydroxyl groups is 1. The first-order valence-corrected chi connectivity index (χ1v) is 6.21. The van der Waals surface area contributed by atoms with Crippen molar-refractivity contribution >= 4 is 16.5 Å². The largest absolute Gasteiger partial charge is 0.427 e. The summed E-state index contributed by atoms with van der Waals surface area (Å²) in [5.74, 6) is 0.141. The minimum absolute atomic E-state index is 0.0774. The lowest BCUT2D eigenvalue weighted by Crippen LogP contribution is -2.36. The summed E-state index contributed by atoms with van der Waals surface area (Å²) in [7, 11) is 0. The predicted molar refractivity (Wildman–Crippen MR) is 59.1 cm³/mol. The Morgan fingerprint density at radius 3 is 2.88 bits per heavy atom. The van der Waals surface area contributed by atoms with Crippen molar-refractivity contribution in [3.8, 4) is 0 Å². The van der Waals surface area contributed by atoms with Crippen LogP contribution in [0.25, 0.3) is 0 Å². The van der Waals surface area contributed by atoms with Crippen molar-refractivity contribution in [3.63, 3.8) is 0 Å². The molecule has 3 nitrogen and oxygen atoms in total. The molecule has 1 N–H and O–H groups in total. The molecule has 0 saturated carbocycles. The molecule has 0 radical (unpaired) electrons. The molecule has 1 aromatic heterocycles. The summed E-state index contributed by atoms with van der Waals surface area (Å²) >= 11 is 0.667. The molecule has 0 amide bonds. The third kappa shape index (κ3) is 2.90. The highest BCUT2D eigenvalue weighted by molar-refractivity contribution is 7.15. The van der Waals surface area contributed by atoms with Crippen LogP contribution in [-0.4, -0.2) is 29.8 Å². The summed E-state index contributed by atoms with van der Waals surface area (Å²) < 4.78 is 37.3. The van der Waals surface area contributed by atoms with Crippen LogP contribution >= 0.6 is 11.3 Å². The van der Waals surface area contributed by atoms with E-state index in [1.54, 1.807) is 0 Å². The molecule has 1 unspecified atom stereocenters. The van der Waals surface area contributed by atoms with Gasteiger partial charge in [-0.1, -0.05) is 11.3 Å². The van der Waals surface area contributed by atoms with E-state index in [1.165, 1.54) is 0 Å². The third-order valence-electron chi connectivity index (χ3n) is 2.82. The van der Waals surface area contributed by atoms with Gasteiger partial charge in [-0.3, -0.25) is 0 Å². The van der Waals surface area contributed by atoms with Gasteiger partial charge >= 0.3 is 6.18 Å². The van der Waals surface area contributed by atoms with Crippen LogP contribution in [0.15, 0.2) is 6.20 Å². The SMILES string of the molecule is OCC1CCCN(c2ncc(C(F)(F)F)s2)C1. The highest BCUT2D eigenvalue weighted by atomic mass is 32.1. The first-order chi connectivity index (χ1) is 8.00. The van der Waals surface area contributed by atoms with Gasteiger partial charge < -0.3 is 10.0 Å². The number of hydrogen-bond donors (Lipinski definition) is 1. The Balaban J connectivity index is 2.09. The van der Waals surface area contributed by atoms with Crippen LogP contribution in [0.4, 0.5) is 18.3 Å². The monoisotopic (exact) mass is 266 g/mol. The number of nitrogens with zero attached hydrogens (tertiary/aromatic N) is 2. The summed E-state index contributed by atoms with van der Waals surface area (Å²) in [5.41, 5.74) is 0. The summed E-state index contributed by atoms with van der Waals surface area (Å²) in [6.07, 6.45) is -1.64. The Morgan fingerprint density at radius 1 is 1.53 bits per heavy atom. The van der Waals surface area contributed by atoms with E-state index in [1.807, 2.05) is 4.90 Å². The number of hydrogen-bond acceptors (Lipinski definition) is 4. The predicted octanol–water partition coefficient (Wildman–Crippen LogP) is 2.37. The van der Waals surface area contributed by atoms with Crippen molar-refractivity contribution in [2.75, 3.05) is 24.6 Å². The highest BCUT2D eigenvalue weighted by Crippen LogP contribution is 2.37. The lowest BCUT2D eigenvalue weighted by molar-refractivity contribution is -0.134. The Bertz CT molecular complexity index is 380. The van der Waals surface area contributed by atoms with Crippen LogP contribution in [0, 0.1) is 5.92 Å². The van der Waals surface area contributed by atoms with Gasteiger partial charge in [0.15, 0.2) is 5.13 Å². The summed E-state index contributed by atoms with van der Waals surface area (Å²) in [6.45, 7) is 1.37. The molecule has 1 aromatic rings. The summed E-state index contributed by atoms with van der Waals surface area (Å²) in [5, 5.41) is 9.47. The average Bonchev–Trinajstić information content (AvgIpc) is 2.78. The number of anilines is 1. The lowest BCUT2D eigenvalue weighted by Gasteiger charge is -2.31. The van der Waals surface area contributed by atoms with E-state index in [0.717, 1.165) is 19.0 Å². The van der Waals surface area contributed by atoms with Crippen molar-refractivity contribution in [2.45, 2.75) is 19.0 Å². The molecule has 0 aromatic carbocycles. The number of rotatable bonds is 2. The average molecular weight is 266 g/mol. The minimum atomic E-state index is -4.32. The zero-order valence-electron chi connectivity index (χ0n) is 9.07. The standard InChI is InChI=1S/C10H13F3N2OS/c11-10(12,13)8-4-14-9(17-8)15-3-1-2-7(5-15)6-16/h4,7,16H,1-3,5-6H2. The molecule has 7 heteroatoms. The molecule has 0 aliphatic carbocycles. The Kier molecular flexibility index (Phi) is 3.58.